The topological polar surface area (TPSA) is 63.7 Å². The molecule has 2 fully saturated rings. The normalized spacial score (nSPS) is 27.8. The Kier molecular flexibility index (Phi) is 4.35. The fourth-order valence-corrected chi connectivity index (χ4v) is 5.33. The van der Waals surface area contributed by atoms with Gasteiger partial charge < -0.3 is 4.74 Å². The molecule has 2 aromatic carbocycles. The number of carbonyl (C=O) groups is 3. The van der Waals surface area contributed by atoms with Crippen LogP contribution in [-0.2, 0) is 9.59 Å². The third-order valence-corrected chi connectivity index (χ3v) is 6.72. The third kappa shape index (κ3) is 2.72. The summed E-state index contributed by atoms with van der Waals surface area (Å²) in [5, 5.41) is 0. The lowest BCUT2D eigenvalue weighted by molar-refractivity contribution is -0.123. The van der Waals surface area contributed by atoms with E-state index < -0.39 is 6.10 Å². The van der Waals surface area contributed by atoms with Crippen LogP contribution in [0.15, 0.2) is 66.2 Å². The monoisotopic (exact) mass is 401 g/mol. The summed E-state index contributed by atoms with van der Waals surface area (Å²) in [7, 11) is 0. The highest BCUT2D eigenvalue weighted by atomic mass is 16.5. The fraction of sp³-hybridized carbons (Fsp3) is 0.320. The van der Waals surface area contributed by atoms with Crippen LogP contribution in [0.4, 0.5) is 5.69 Å². The second-order valence-electron chi connectivity index (χ2n) is 8.44. The summed E-state index contributed by atoms with van der Waals surface area (Å²) in [5.74, 6) is -0.331. The number of imide groups is 1. The molecule has 2 aromatic rings. The molecule has 5 rings (SSSR count). The minimum Gasteiger partial charge on any atom is -0.480 e. The molecular weight excluding hydrogens is 378 g/mol. The Bertz CT molecular complexity index is 1070. The average molecular weight is 401 g/mol. The molecule has 5 nitrogen and oxygen atoms in total. The maximum absolute atomic E-state index is 13.3. The van der Waals surface area contributed by atoms with Crippen molar-refractivity contribution in [3.8, 4) is 5.75 Å². The number of ether oxygens (including phenoxy) is 1. The second kappa shape index (κ2) is 6.94. The molecule has 0 radical (unpaired) electrons. The van der Waals surface area contributed by atoms with Gasteiger partial charge in [-0.15, -0.1) is 0 Å². The Morgan fingerprint density at radius 2 is 1.67 bits per heavy atom. The smallest absolute Gasteiger partial charge is 0.238 e. The fourth-order valence-electron chi connectivity index (χ4n) is 5.33. The van der Waals surface area contributed by atoms with Crippen molar-refractivity contribution in [2.45, 2.75) is 26.4 Å². The van der Waals surface area contributed by atoms with Gasteiger partial charge in [-0.2, -0.15) is 0 Å². The summed E-state index contributed by atoms with van der Waals surface area (Å²) in [4.78, 5) is 40.5. The van der Waals surface area contributed by atoms with Gasteiger partial charge in [-0.3, -0.25) is 14.4 Å². The molecule has 0 aromatic heterocycles. The summed E-state index contributed by atoms with van der Waals surface area (Å²) in [6, 6.07) is 15.9. The molecule has 2 aliphatic carbocycles. The van der Waals surface area contributed by atoms with Gasteiger partial charge in [-0.25, -0.2) is 4.90 Å². The van der Waals surface area contributed by atoms with Crippen LogP contribution in [-0.4, -0.2) is 23.7 Å². The summed E-state index contributed by atoms with van der Waals surface area (Å²) < 4.78 is 5.97. The van der Waals surface area contributed by atoms with E-state index in [1.807, 2.05) is 6.07 Å². The van der Waals surface area contributed by atoms with E-state index in [-0.39, 0.29) is 41.3 Å². The largest absolute Gasteiger partial charge is 0.480 e. The zero-order valence-corrected chi connectivity index (χ0v) is 16.9. The van der Waals surface area contributed by atoms with Gasteiger partial charge in [0.15, 0.2) is 6.10 Å². The van der Waals surface area contributed by atoms with E-state index in [9.17, 15) is 14.4 Å². The second-order valence-corrected chi connectivity index (χ2v) is 8.44. The summed E-state index contributed by atoms with van der Waals surface area (Å²) >= 11 is 0. The molecule has 152 valence electrons. The van der Waals surface area contributed by atoms with Crippen molar-refractivity contribution in [2.24, 2.45) is 23.7 Å². The minimum atomic E-state index is -0.749. The third-order valence-electron chi connectivity index (χ3n) is 6.72. The highest BCUT2D eigenvalue weighted by Crippen LogP contribution is 2.56. The van der Waals surface area contributed by atoms with Crippen LogP contribution in [0.2, 0.25) is 0 Å². The molecule has 1 saturated heterocycles. The summed E-state index contributed by atoms with van der Waals surface area (Å²) in [6.07, 6.45) is 2.30. The maximum Gasteiger partial charge on any atom is 0.238 e. The first-order chi connectivity index (χ1) is 14.5. The van der Waals surface area contributed by atoms with E-state index in [1.165, 1.54) is 10.5 Å². The van der Waals surface area contributed by atoms with E-state index in [4.69, 9.17) is 4.74 Å². The first kappa shape index (κ1) is 18.8. The maximum atomic E-state index is 13.3. The van der Waals surface area contributed by atoms with Crippen LogP contribution in [0, 0.1) is 23.7 Å². The van der Waals surface area contributed by atoms with Crippen molar-refractivity contribution in [2.75, 3.05) is 4.90 Å². The lowest BCUT2D eigenvalue weighted by Crippen LogP contribution is -2.34. The van der Waals surface area contributed by atoms with Gasteiger partial charge in [-0.05, 0) is 44.2 Å². The average Bonchev–Trinajstić information content (AvgIpc) is 3.39. The molecule has 30 heavy (non-hydrogen) atoms. The number of hydrogen-bond donors (Lipinski definition) is 0. The molecule has 0 N–H and O–H groups in total. The molecule has 0 spiro atoms. The van der Waals surface area contributed by atoms with Crippen LogP contribution in [0.5, 0.6) is 5.75 Å². The van der Waals surface area contributed by atoms with Gasteiger partial charge in [0, 0.05) is 5.56 Å². The van der Waals surface area contributed by atoms with Crippen molar-refractivity contribution in [3.05, 3.63) is 71.8 Å². The van der Waals surface area contributed by atoms with Crippen molar-refractivity contribution in [1.82, 2.24) is 0 Å². The van der Waals surface area contributed by atoms with E-state index in [0.717, 1.165) is 6.42 Å². The van der Waals surface area contributed by atoms with Crippen molar-refractivity contribution in [3.63, 3.8) is 0 Å². The number of anilines is 1. The Hall–Kier alpha value is -3.21. The van der Waals surface area contributed by atoms with Gasteiger partial charge in [0.05, 0.1) is 17.5 Å². The van der Waals surface area contributed by atoms with Gasteiger partial charge in [0.1, 0.15) is 5.75 Å². The zero-order chi connectivity index (χ0) is 21.0. The lowest BCUT2D eigenvalue weighted by atomic mass is 9.82. The van der Waals surface area contributed by atoms with Crippen molar-refractivity contribution in [1.29, 1.82) is 0 Å². The number of Topliss-reactive ketones (excluding diaryl/α,β-unsaturated/α-hetero) is 1. The van der Waals surface area contributed by atoms with Crippen LogP contribution in [0.3, 0.4) is 0 Å². The Balaban J connectivity index is 1.43. The first-order valence-electron chi connectivity index (χ1n) is 10.4. The summed E-state index contributed by atoms with van der Waals surface area (Å²) in [6.45, 7) is 3.73. The van der Waals surface area contributed by atoms with Crippen LogP contribution in [0.1, 0.15) is 30.6 Å². The molecule has 2 bridgehead atoms. The molecule has 1 heterocycles. The highest BCUT2D eigenvalue weighted by Gasteiger charge is 2.61. The van der Waals surface area contributed by atoms with Gasteiger partial charge in [-0.1, -0.05) is 54.1 Å². The molecule has 5 heteroatoms. The molecule has 0 unspecified atom stereocenters. The van der Waals surface area contributed by atoms with Crippen LogP contribution >= 0.6 is 0 Å². The molecule has 5 atom stereocenters. The standard InChI is InChI=1S/C25H23NO4/c1-14-12-17-13-18(14)22-21(17)24(28)26(25(22)29)19-10-6-7-11-20(19)30-15(2)23(27)16-8-4-3-5-9-16/h3-12,15,17-18,21-22H,13H2,1-2H3/t15-,17-,18+,21+,22+/m0/s1. The van der Waals surface area contributed by atoms with Crippen LogP contribution < -0.4 is 9.64 Å². The predicted molar refractivity (Wildman–Crippen MR) is 112 cm³/mol. The minimum absolute atomic E-state index is 0.146. The number of carbonyl (C=O) groups excluding carboxylic acids is 3. The number of para-hydroxylation sites is 2. The van der Waals surface area contributed by atoms with Crippen molar-refractivity contribution >= 4 is 23.3 Å². The summed E-state index contributed by atoms with van der Waals surface area (Å²) in [5.41, 5.74) is 2.20. The number of amides is 2. The zero-order valence-electron chi connectivity index (χ0n) is 16.9. The Labute approximate surface area is 175 Å². The molecule has 2 amide bonds. The number of hydrogen-bond acceptors (Lipinski definition) is 4. The van der Waals surface area contributed by atoms with E-state index in [2.05, 4.69) is 13.0 Å². The molecule has 1 saturated carbocycles. The predicted octanol–water partition coefficient (Wildman–Crippen LogP) is 4.04. The van der Waals surface area contributed by atoms with Gasteiger partial charge in [0.25, 0.3) is 0 Å². The quantitative estimate of drug-likeness (QED) is 0.431. The number of nitrogens with zero attached hydrogens (tertiary/aromatic N) is 1. The molecule has 1 aliphatic heterocycles. The number of ketones is 1. The Morgan fingerprint density at radius 3 is 2.43 bits per heavy atom. The van der Waals surface area contributed by atoms with Crippen LogP contribution in [0.25, 0.3) is 0 Å². The SMILES string of the molecule is CC1=C[C@H]2C[C@H]1[C@H]1C(=O)N(c3ccccc3O[C@@H](C)C(=O)c3ccccc3)C(=O)[C@@H]12. The molecule has 3 aliphatic rings. The van der Waals surface area contributed by atoms with Crippen molar-refractivity contribution < 1.29 is 19.1 Å². The van der Waals surface area contributed by atoms with E-state index >= 15 is 0 Å². The number of rotatable bonds is 5. The highest BCUT2D eigenvalue weighted by molar-refractivity contribution is 6.23. The van der Waals surface area contributed by atoms with E-state index in [1.54, 1.807) is 55.5 Å². The first-order valence-corrected chi connectivity index (χ1v) is 10.4. The van der Waals surface area contributed by atoms with Gasteiger partial charge in [0.2, 0.25) is 17.6 Å². The number of benzene rings is 2. The number of fused-ring (bicyclic) bond motifs is 5. The molecular formula is C25H23NO4. The van der Waals surface area contributed by atoms with E-state index in [0.29, 0.717) is 17.0 Å². The number of allylic oxidation sites excluding steroid dienone is 2. The van der Waals surface area contributed by atoms with Gasteiger partial charge >= 0.3 is 0 Å². The Morgan fingerprint density at radius 1 is 1.00 bits per heavy atom. The lowest BCUT2D eigenvalue weighted by Gasteiger charge is -2.22.